The van der Waals surface area contributed by atoms with E-state index in [0.717, 1.165) is 30.4 Å². The van der Waals surface area contributed by atoms with Crippen LogP contribution in [0.2, 0.25) is 0 Å². The van der Waals surface area contributed by atoms with E-state index in [2.05, 4.69) is 10.1 Å². The first kappa shape index (κ1) is 21.3. The molecule has 0 aliphatic heterocycles. The number of rotatable bonds is 6. The van der Waals surface area contributed by atoms with Crippen molar-refractivity contribution >= 4 is 15.7 Å². The molecule has 0 bridgehead atoms. The van der Waals surface area contributed by atoms with Gasteiger partial charge in [0.1, 0.15) is 12.4 Å². The molecule has 0 saturated heterocycles. The summed E-state index contributed by atoms with van der Waals surface area (Å²) in [5, 5.41) is 8.93. The quantitative estimate of drug-likeness (QED) is 0.562. The highest BCUT2D eigenvalue weighted by molar-refractivity contribution is 7.89. The predicted octanol–water partition coefficient (Wildman–Crippen LogP) is 2.62. The summed E-state index contributed by atoms with van der Waals surface area (Å²) < 4.78 is 45.1. The number of anilines is 1. The fraction of sp³-hybridized carbons (Fsp3) is 0.333. The van der Waals surface area contributed by atoms with Crippen LogP contribution in [0.3, 0.4) is 0 Å². The Morgan fingerprint density at radius 2 is 2.03 bits per heavy atom. The summed E-state index contributed by atoms with van der Waals surface area (Å²) in [5.74, 6) is -0.0635. The molecule has 4 N–H and O–H groups in total. The molecule has 2 heterocycles. The van der Waals surface area contributed by atoms with Crippen LogP contribution in [-0.4, -0.2) is 29.8 Å². The van der Waals surface area contributed by atoms with Crippen LogP contribution < -0.4 is 15.6 Å². The van der Waals surface area contributed by atoms with Gasteiger partial charge >= 0.3 is 0 Å². The number of nitrogen functional groups attached to an aromatic ring is 1. The topological polar surface area (TPSA) is 126 Å². The number of nitrogens with two attached hydrogens (primary N) is 2. The fourth-order valence-corrected chi connectivity index (χ4v) is 4.24. The Hall–Kier alpha value is -2.98. The summed E-state index contributed by atoms with van der Waals surface area (Å²) in [6.07, 6.45) is 5.73. The number of primary sulfonamides is 1. The Bertz CT molecular complexity index is 1250. The monoisotopic (exact) mass is 445 g/mol. The van der Waals surface area contributed by atoms with Gasteiger partial charge in [-0.3, -0.25) is 4.68 Å². The van der Waals surface area contributed by atoms with E-state index in [1.807, 2.05) is 13.8 Å². The highest BCUT2D eigenvalue weighted by Crippen LogP contribution is 2.38. The van der Waals surface area contributed by atoms with Crippen LogP contribution in [-0.2, 0) is 28.4 Å². The number of benzene rings is 1. The zero-order chi connectivity index (χ0) is 22.4. The van der Waals surface area contributed by atoms with Crippen molar-refractivity contribution in [3.05, 3.63) is 53.6 Å². The summed E-state index contributed by atoms with van der Waals surface area (Å²) in [6, 6.07) is 6.24. The molecule has 164 valence electrons. The van der Waals surface area contributed by atoms with Crippen molar-refractivity contribution < 1.29 is 17.5 Å². The molecule has 31 heavy (non-hydrogen) atoms. The fourth-order valence-electron chi connectivity index (χ4n) is 3.79. The lowest BCUT2D eigenvalue weighted by Crippen LogP contribution is -2.34. The average Bonchev–Trinajstić information content (AvgIpc) is 3.36. The van der Waals surface area contributed by atoms with Gasteiger partial charge < -0.3 is 10.5 Å². The van der Waals surface area contributed by atoms with E-state index in [-0.39, 0.29) is 17.5 Å². The van der Waals surface area contributed by atoms with Crippen LogP contribution in [0, 0.1) is 5.82 Å². The van der Waals surface area contributed by atoms with E-state index >= 15 is 0 Å². The van der Waals surface area contributed by atoms with Gasteiger partial charge in [0.05, 0.1) is 5.54 Å². The Kier molecular flexibility index (Phi) is 5.22. The highest BCUT2D eigenvalue weighted by atomic mass is 32.2. The maximum Gasteiger partial charge on any atom is 0.257 e. The second-order valence-electron chi connectivity index (χ2n) is 8.27. The van der Waals surface area contributed by atoms with E-state index in [1.165, 1.54) is 23.1 Å². The van der Waals surface area contributed by atoms with Crippen molar-refractivity contribution in [3.63, 3.8) is 0 Å². The van der Waals surface area contributed by atoms with Crippen molar-refractivity contribution in [2.24, 2.45) is 5.14 Å². The summed E-state index contributed by atoms with van der Waals surface area (Å²) >= 11 is 0. The van der Waals surface area contributed by atoms with Gasteiger partial charge in [-0.05, 0) is 68.0 Å². The maximum absolute atomic E-state index is 14.8. The first-order valence-electron chi connectivity index (χ1n) is 9.84. The molecular weight excluding hydrogens is 421 g/mol. The molecule has 0 amide bonds. The molecule has 10 heteroatoms. The Balaban J connectivity index is 1.57. The predicted molar refractivity (Wildman–Crippen MR) is 114 cm³/mol. The standard InChI is InChI=1S/C21H24FN5O3S/c1-21(2,27-9-7-18(26-27)31(24,28)29)12-30-17-11-14(6-8-25-17)19-16(22)10-13-4-3-5-15(13)20(19)23/h6-11H,3-5,12,23H2,1-2H3,(H2,24,28,29). The number of nitrogens with zero attached hydrogens (tertiary/aromatic N) is 3. The molecule has 2 aromatic heterocycles. The number of fused-ring (bicyclic) bond motifs is 1. The lowest BCUT2D eigenvalue weighted by atomic mass is 9.97. The van der Waals surface area contributed by atoms with Crippen LogP contribution in [0.4, 0.5) is 10.1 Å². The number of aryl methyl sites for hydroxylation is 1. The van der Waals surface area contributed by atoms with Crippen molar-refractivity contribution in [1.29, 1.82) is 0 Å². The molecule has 4 rings (SSSR count). The minimum atomic E-state index is -3.89. The van der Waals surface area contributed by atoms with Crippen LogP contribution in [0.15, 0.2) is 41.7 Å². The first-order valence-corrected chi connectivity index (χ1v) is 11.4. The third kappa shape index (κ3) is 4.13. The Morgan fingerprint density at radius 1 is 1.26 bits per heavy atom. The molecule has 8 nitrogen and oxygen atoms in total. The maximum atomic E-state index is 14.8. The summed E-state index contributed by atoms with van der Waals surface area (Å²) in [4.78, 5) is 4.21. The smallest absolute Gasteiger partial charge is 0.257 e. The normalized spacial score (nSPS) is 13.9. The van der Waals surface area contributed by atoms with E-state index in [4.69, 9.17) is 15.6 Å². The second-order valence-corrected chi connectivity index (χ2v) is 9.77. The molecule has 0 saturated carbocycles. The molecular formula is C21H24FN5O3S. The number of aromatic nitrogens is 3. The Labute approximate surface area is 180 Å². The first-order chi connectivity index (χ1) is 14.6. The molecule has 0 radical (unpaired) electrons. The largest absolute Gasteiger partial charge is 0.475 e. The molecule has 0 unspecified atom stereocenters. The van der Waals surface area contributed by atoms with Crippen LogP contribution in [0.1, 0.15) is 31.4 Å². The van der Waals surface area contributed by atoms with E-state index in [0.29, 0.717) is 22.7 Å². The van der Waals surface area contributed by atoms with Gasteiger partial charge in [0, 0.05) is 29.7 Å². The second kappa shape index (κ2) is 7.61. The van der Waals surface area contributed by atoms with Gasteiger partial charge in [-0.1, -0.05) is 0 Å². The van der Waals surface area contributed by atoms with E-state index in [9.17, 15) is 12.8 Å². The van der Waals surface area contributed by atoms with Gasteiger partial charge in [-0.2, -0.15) is 5.10 Å². The number of ether oxygens (including phenoxy) is 1. The molecule has 0 spiro atoms. The van der Waals surface area contributed by atoms with Gasteiger partial charge in [0.25, 0.3) is 10.0 Å². The number of sulfonamides is 1. The average molecular weight is 446 g/mol. The van der Waals surface area contributed by atoms with E-state index < -0.39 is 15.6 Å². The third-order valence-electron chi connectivity index (χ3n) is 5.47. The van der Waals surface area contributed by atoms with Crippen LogP contribution in [0.5, 0.6) is 5.88 Å². The summed E-state index contributed by atoms with van der Waals surface area (Å²) in [6.45, 7) is 3.79. The molecule has 0 fully saturated rings. The minimum absolute atomic E-state index is 0.136. The van der Waals surface area contributed by atoms with Gasteiger partial charge in [-0.25, -0.2) is 22.9 Å². The van der Waals surface area contributed by atoms with Crippen LogP contribution >= 0.6 is 0 Å². The number of hydrogen-bond donors (Lipinski definition) is 2. The molecule has 1 aliphatic carbocycles. The summed E-state index contributed by atoms with van der Waals surface area (Å²) in [7, 11) is -3.89. The van der Waals surface area contributed by atoms with Crippen molar-refractivity contribution in [2.75, 3.05) is 12.3 Å². The lowest BCUT2D eigenvalue weighted by molar-refractivity contribution is 0.164. The highest BCUT2D eigenvalue weighted by Gasteiger charge is 2.25. The van der Waals surface area contributed by atoms with E-state index in [1.54, 1.807) is 18.2 Å². The molecule has 0 atom stereocenters. The van der Waals surface area contributed by atoms with Crippen molar-refractivity contribution in [1.82, 2.24) is 14.8 Å². The molecule has 1 aliphatic rings. The zero-order valence-corrected chi connectivity index (χ0v) is 18.1. The Morgan fingerprint density at radius 3 is 2.74 bits per heavy atom. The minimum Gasteiger partial charge on any atom is -0.475 e. The third-order valence-corrected chi connectivity index (χ3v) is 6.27. The SMILES string of the molecule is CC(C)(COc1cc(-c2c(F)cc3c(c2N)CCC3)ccn1)n1ccc(S(N)(=O)=O)n1. The number of halogens is 1. The van der Waals surface area contributed by atoms with Crippen molar-refractivity contribution in [3.8, 4) is 17.0 Å². The zero-order valence-electron chi connectivity index (χ0n) is 17.3. The number of pyridine rings is 1. The van der Waals surface area contributed by atoms with Crippen molar-refractivity contribution in [2.45, 2.75) is 43.7 Å². The van der Waals surface area contributed by atoms with Gasteiger partial charge in [-0.15, -0.1) is 0 Å². The summed E-state index contributed by atoms with van der Waals surface area (Å²) in [5.41, 5.74) is 9.01. The molecule has 1 aromatic carbocycles. The molecule has 3 aromatic rings. The number of hydrogen-bond acceptors (Lipinski definition) is 6. The lowest BCUT2D eigenvalue weighted by Gasteiger charge is -2.25. The van der Waals surface area contributed by atoms with Crippen LogP contribution in [0.25, 0.3) is 11.1 Å². The van der Waals surface area contributed by atoms with Gasteiger partial charge in [0.2, 0.25) is 5.88 Å². The van der Waals surface area contributed by atoms with Gasteiger partial charge in [0.15, 0.2) is 5.03 Å².